The van der Waals surface area contributed by atoms with Crippen molar-refractivity contribution in [2.45, 2.75) is 0 Å². The first-order chi connectivity index (χ1) is 15.9. The maximum atomic E-state index is 12.3. The summed E-state index contributed by atoms with van der Waals surface area (Å²) in [5, 5.41) is 19.8. The van der Waals surface area contributed by atoms with Gasteiger partial charge in [0.05, 0.1) is 11.3 Å². The van der Waals surface area contributed by atoms with Crippen LogP contribution in [0.1, 0.15) is 21.5 Å². The average Bonchev–Trinajstić information content (AvgIpc) is 2.80. The summed E-state index contributed by atoms with van der Waals surface area (Å²) in [5.74, 6) is 3.64. The number of rotatable bonds is 5. The molecule has 162 valence electrons. The third kappa shape index (κ3) is 6.14. The minimum atomic E-state index is -1.29. The number of benzene rings is 3. The van der Waals surface area contributed by atoms with Crippen LogP contribution in [0.3, 0.4) is 0 Å². The van der Waals surface area contributed by atoms with Crippen LogP contribution < -0.4 is 21.3 Å². The molecule has 5 N–H and O–H groups in total. The lowest BCUT2D eigenvalue weighted by Gasteiger charge is -2.13. The average molecular weight is 438 g/mol. The fraction of sp³-hybridized carbons (Fsp3) is 0. The van der Waals surface area contributed by atoms with Crippen molar-refractivity contribution in [3.05, 3.63) is 83.4 Å². The van der Waals surface area contributed by atoms with E-state index in [1.54, 1.807) is 48.5 Å². The van der Waals surface area contributed by atoms with E-state index in [-0.39, 0.29) is 16.9 Å². The van der Waals surface area contributed by atoms with Crippen molar-refractivity contribution >= 4 is 40.8 Å². The summed E-state index contributed by atoms with van der Waals surface area (Å²) in [4.78, 5) is 36.3. The van der Waals surface area contributed by atoms with Gasteiger partial charge in [-0.2, -0.15) is 0 Å². The molecule has 0 radical (unpaired) electrons. The molecule has 0 aromatic heterocycles. The second kappa shape index (κ2) is 10.2. The topological polar surface area (TPSA) is 120 Å². The summed E-state index contributed by atoms with van der Waals surface area (Å²) < 4.78 is 0. The molecule has 3 rings (SSSR count). The van der Waals surface area contributed by atoms with E-state index in [1.807, 2.05) is 0 Å². The third-order valence-electron chi connectivity index (χ3n) is 4.33. The quantitative estimate of drug-likeness (QED) is 0.373. The van der Waals surface area contributed by atoms with E-state index in [0.717, 1.165) is 0 Å². The highest BCUT2D eigenvalue weighted by atomic mass is 16.4. The van der Waals surface area contributed by atoms with Gasteiger partial charge >= 0.3 is 18.0 Å². The lowest BCUT2D eigenvalue weighted by molar-refractivity contribution is 0.0698. The number of aromatic carboxylic acids is 1. The normalized spacial score (nSPS) is 9.64. The van der Waals surface area contributed by atoms with E-state index in [2.05, 4.69) is 33.1 Å². The molecule has 0 unspecified atom stereocenters. The van der Waals surface area contributed by atoms with Crippen molar-refractivity contribution in [3.8, 4) is 24.7 Å². The lowest BCUT2D eigenvalue weighted by Crippen LogP contribution is -2.22. The Balaban J connectivity index is 1.70. The Kier molecular flexibility index (Phi) is 6.95. The second-order valence-electron chi connectivity index (χ2n) is 6.67. The largest absolute Gasteiger partial charge is 0.478 e. The van der Waals surface area contributed by atoms with Crippen LogP contribution in [0.2, 0.25) is 0 Å². The van der Waals surface area contributed by atoms with Gasteiger partial charge in [0.15, 0.2) is 0 Å². The highest BCUT2D eigenvalue weighted by molar-refractivity contribution is 6.06. The summed E-state index contributed by atoms with van der Waals surface area (Å²) in [6.45, 7) is 0. The molecule has 0 spiro atoms. The molecule has 0 atom stereocenters. The Morgan fingerprint density at radius 1 is 0.667 bits per heavy atom. The second-order valence-corrected chi connectivity index (χ2v) is 6.67. The van der Waals surface area contributed by atoms with Crippen LogP contribution in [0.15, 0.2) is 66.7 Å². The minimum absolute atomic E-state index is 0.0424. The molecule has 0 bridgehead atoms. The van der Waals surface area contributed by atoms with Gasteiger partial charge in [-0.3, -0.25) is 0 Å². The van der Waals surface area contributed by atoms with Crippen LogP contribution in [0.25, 0.3) is 0 Å². The third-order valence-corrected chi connectivity index (χ3v) is 4.33. The van der Waals surface area contributed by atoms with Crippen molar-refractivity contribution in [2.24, 2.45) is 0 Å². The Labute approximate surface area is 190 Å². The Morgan fingerprint density at radius 3 is 1.64 bits per heavy atom. The summed E-state index contributed by atoms with van der Waals surface area (Å²) in [7, 11) is 0. The highest BCUT2D eigenvalue weighted by Crippen LogP contribution is 2.22. The molecule has 33 heavy (non-hydrogen) atoms. The van der Waals surface area contributed by atoms with E-state index in [1.165, 1.54) is 18.2 Å². The molecule has 4 amide bonds. The molecular formula is C25H18N4O4. The van der Waals surface area contributed by atoms with Crippen molar-refractivity contribution < 1.29 is 19.5 Å². The van der Waals surface area contributed by atoms with Crippen LogP contribution in [0.4, 0.5) is 32.3 Å². The van der Waals surface area contributed by atoms with Gasteiger partial charge < -0.3 is 26.4 Å². The summed E-state index contributed by atoms with van der Waals surface area (Å²) in [6.07, 6.45) is 10.7. The monoisotopic (exact) mass is 438 g/mol. The number of nitrogens with one attached hydrogen (secondary N) is 4. The maximum Gasteiger partial charge on any atom is 0.337 e. The van der Waals surface area contributed by atoms with Gasteiger partial charge in [0.25, 0.3) is 0 Å². The van der Waals surface area contributed by atoms with Crippen molar-refractivity contribution in [1.29, 1.82) is 0 Å². The zero-order chi connectivity index (χ0) is 23.8. The molecule has 0 fully saturated rings. The lowest BCUT2D eigenvalue weighted by atomic mass is 10.1. The number of amides is 4. The molecular weight excluding hydrogens is 420 g/mol. The zero-order valence-corrected chi connectivity index (χ0v) is 17.2. The van der Waals surface area contributed by atoms with Crippen molar-refractivity contribution in [2.75, 3.05) is 21.3 Å². The van der Waals surface area contributed by atoms with Gasteiger partial charge in [-0.25, -0.2) is 14.4 Å². The van der Waals surface area contributed by atoms with Crippen molar-refractivity contribution in [3.63, 3.8) is 0 Å². The smallest absolute Gasteiger partial charge is 0.337 e. The number of hydrogen-bond acceptors (Lipinski definition) is 3. The zero-order valence-electron chi connectivity index (χ0n) is 17.2. The molecule has 8 nitrogen and oxygen atoms in total. The molecule has 0 aliphatic rings. The van der Waals surface area contributed by atoms with Gasteiger partial charge in [0.2, 0.25) is 0 Å². The summed E-state index contributed by atoms with van der Waals surface area (Å²) in [6, 6.07) is 16.1. The Bertz CT molecular complexity index is 1320. The van der Waals surface area contributed by atoms with E-state index >= 15 is 0 Å². The molecule has 3 aromatic carbocycles. The number of carboxylic acids is 1. The fourth-order valence-corrected chi connectivity index (χ4v) is 2.86. The minimum Gasteiger partial charge on any atom is -0.478 e. The standard InChI is InChI=1S/C25H18N4O4/c1-3-16-7-5-9-18(13-16)26-24(32)28-20-11-12-22(21(15-20)23(30)31)29-25(33)27-19-10-6-8-17(4-2)14-19/h1-2,5-15H,(H,30,31)(H2,26,28,32)(H2,27,29,33). The maximum absolute atomic E-state index is 12.3. The predicted octanol–water partition coefficient (Wildman–Crippen LogP) is 4.64. The number of anilines is 4. The molecule has 8 heteroatoms. The molecule has 0 aliphatic heterocycles. The Morgan fingerprint density at radius 2 is 1.15 bits per heavy atom. The van der Waals surface area contributed by atoms with Crippen LogP contribution in [0, 0.1) is 24.7 Å². The van der Waals surface area contributed by atoms with Crippen molar-refractivity contribution in [1.82, 2.24) is 0 Å². The van der Waals surface area contributed by atoms with E-state index in [9.17, 15) is 19.5 Å². The number of terminal acetylenes is 2. The summed E-state index contributed by atoms with van der Waals surface area (Å²) >= 11 is 0. The SMILES string of the molecule is C#Cc1cccc(NC(=O)Nc2ccc(NC(=O)Nc3cccc(C#C)c3)c(C(=O)O)c2)c1. The highest BCUT2D eigenvalue weighted by Gasteiger charge is 2.15. The van der Waals surface area contributed by atoms with E-state index in [4.69, 9.17) is 12.8 Å². The number of carboxylic acid groups (broad SMARTS) is 1. The molecule has 3 aromatic rings. The van der Waals surface area contributed by atoms with Gasteiger partial charge in [0, 0.05) is 28.2 Å². The number of urea groups is 2. The van der Waals surface area contributed by atoms with E-state index in [0.29, 0.717) is 22.5 Å². The molecule has 0 aliphatic carbocycles. The number of carbonyl (C=O) groups excluding carboxylic acids is 2. The first kappa shape index (κ1) is 22.5. The van der Waals surface area contributed by atoms with Gasteiger partial charge in [-0.1, -0.05) is 24.0 Å². The first-order valence-corrected chi connectivity index (χ1v) is 9.54. The van der Waals surface area contributed by atoms with Crippen LogP contribution in [-0.4, -0.2) is 23.1 Å². The van der Waals surface area contributed by atoms with Gasteiger partial charge in [0.1, 0.15) is 0 Å². The van der Waals surface area contributed by atoms with Crippen LogP contribution >= 0.6 is 0 Å². The van der Waals surface area contributed by atoms with Gasteiger partial charge in [-0.05, 0) is 54.6 Å². The number of hydrogen-bond donors (Lipinski definition) is 5. The molecule has 0 saturated heterocycles. The van der Waals surface area contributed by atoms with Crippen LogP contribution in [0.5, 0.6) is 0 Å². The van der Waals surface area contributed by atoms with E-state index < -0.39 is 18.0 Å². The first-order valence-electron chi connectivity index (χ1n) is 9.54. The van der Waals surface area contributed by atoms with Gasteiger partial charge in [-0.15, -0.1) is 12.8 Å². The molecule has 0 saturated carbocycles. The molecule has 0 heterocycles. The van der Waals surface area contributed by atoms with Crippen LogP contribution in [-0.2, 0) is 0 Å². The fourth-order valence-electron chi connectivity index (χ4n) is 2.86. The number of carbonyl (C=O) groups is 3. The predicted molar refractivity (Wildman–Crippen MR) is 127 cm³/mol. The summed E-state index contributed by atoms with van der Waals surface area (Å²) in [5.41, 5.74) is 2.15. The Hall–Kier alpha value is -5.21.